The van der Waals surface area contributed by atoms with E-state index >= 15 is 0 Å². The minimum absolute atomic E-state index is 0.300. The van der Waals surface area contributed by atoms with Crippen LogP contribution in [0.3, 0.4) is 0 Å². The van der Waals surface area contributed by atoms with E-state index < -0.39 is 12.8 Å². The zero-order chi connectivity index (χ0) is 13.7. The molecule has 1 heterocycles. The smallest absolute Gasteiger partial charge is 0.280 e. The molecule has 1 aromatic carbocycles. The van der Waals surface area contributed by atoms with E-state index in [0.717, 1.165) is 6.07 Å². The lowest BCUT2D eigenvalue weighted by Crippen LogP contribution is -2.25. The van der Waals surface area contributed by atoms with Crippen molar-refractivity contribution in [3.63, 3.8) is 0 Å². The normalized spacial score (nSPS) is 12.2. The summed E-state index contributed by atoms with van der Waals surface area (Å²) in [6.07, 6.45) is -2.76. The molecule has 1 atom stereocenters. The van der Waals surface area contributed by atoms with Gasteiger partial charge in [0.25, 0.3) is 12.8 Å². The predicted octanol–water partition coefficient (Wildman–Crippen LogP) is 2.79. The van der Waals surface area contributed by atoms with Gasteiger partial charge >= 0.3 is 0 Å². The molecule has 2 rings (SSSR count). The lowest BCUT2D eigenvalue weighted by atomic mass is 10.3. The lowest BCUT2D eigenvalue weighted by molar-refractivity contribution is 0.00770. The van der Waals surface area contributed by atoms with Gasteiger partial charge in [0, 0.05) is 11.9 Å². The first-order valence-corrected chi connectivity index (χ1v) is 5.55. The number of para-hydroxylation sites is 1. The van der Waals surface area contributed by atoms with Gasteiger partial charge in [0.15, 0.2) is 0 Å². The maximum absolute atomic E-state index is 12.4. The molecule has 0 amide bonds. The second-order valence-electron chi connectivity index (χ2n) is 3.70. The van der Waals surface area contributed by atoms with Crippen molar-refractivity contribution in [2.45, 2.75) is 12.8 Å². The number of alkyl halides is 2. The number of ether oxygens (including phenoxy) is 1. The molecule has 1 aromatic heterocycles. The molecule has 0 saturated heterocycles. The molecule has 2 N–H and O–H groups in total. The van der Waals surface area contributed by atoms with E-state index in [9.17, 15) is 13.9 Å². The number of nitrogens with zero attached hydrogens (tertiary/aromatic N) is 1. The van der Waals surface area contributed by atoms with Crippen molar-refractivity contribution in [3.05, 3.63) is 54.4 Å². The van der Waals surface area contributed by atoms with Crippen molar-refractivity contribution in [3.8, 4) is 5.75 Å². The number of halogens is 2. The highest BCUT2D eigenvalue weighted by atomic mass is 19.3. The number of aliphatic hydroxyl groups is 1. The van der Waals surface area contributed by atoms with Crippen molar-refractivity contribution in [1.29, 1.82) is 0 Å². The molecular weight excluding hydrogens is 254 g/mol. The summed E-state index contributed by atoms with van der Waals surface area (Å²) in [4.78, 5) is 3.52. The van der Waals surface area contributed by atoms with Gasteiger partial charge in [-0.15, -0.1) is 0 Å². The molecule has 100 valence electrons. The second kappa shape index (κ2) is 6.10. The van der Waals surface area contributed by atoms with E-state index in [1.165, 1.54) is 12.3 Å². The molecule has 4 nitrogen and oxygen atoms in total. The highest BCUT2D eigenvalue weighted by Crippen LogP contribution is 2.20. The van der Waals surface area contributed by atoms with Crippen LogP contribution < -0.4 is 10.1 Å². The molecule has 0 bridgehead atoms. The summed E-state index contributed by atoms with van der Waals surface area (Å²) >= 11 is 0. The molecule has 6 heteroatoms. The number of hydrogen-bond acceptors (Lipinski definition) is 4. The van der Waals surface area contributed by atoms with E-state index in [-0.39, 0.29) is 5.69 Å². The third-order valence-corrected chi connectivity index (χ3v) is 2.29. The standard InChI is InChI=1S/C13H12F2N2O2/c14-12(15)11-8-9(6-7-16-11)17-13(18)19-10-4-2-1-3-5-10/h1-8,12-13,18H,(H,16,17). The third kappa shape index (κ3) is 3.89. The first-order chi connectivity index (χ1) is 9.15. The van der Waals surface area contributed by atoms with Gasteiger partial charge in [0.1, 0.15) is 11.4 Å². The zero-order valence-electron chi connectivity index (χ0n) is 9.83. The molecule has 0 aliphatic rings. The monoisotopic (exact) mass is 266 g/mol. The quantitative estimate of drug-likeness (QED) is 0.817. The summed E-state index contributed by atoms with van der Waals surface area (Å²) in [6.45, 7) is 0. The van der Waals surface area contributed by atoms with Crippen LogP contribution in [0.5, 0.6) is 5.75 Å². The van der Waals surface area contributed by atoms with Crippen LogP contribution >= 0.6 is 0 Å². The van der Waals surface area contributed by atoms with Crippen LogP contribution in [0.1, 0.15) is 12.1 Å². The number of hydrogen-bond donors (Lipinski definition) is 2. The SMILES string of the molecule is OC(Nc1ccnc(C(F)F)c1)Oc1ccccc1. The summed E-state index contributed by atoms with van der Waals surface area (Å²) in [6, 6.07) is 11.3. The topological polar surface area (TPSA) is 54.4 Å². The largest absolute Gasteiger partial charge is 0.447 e. The number of anilines is 1. The van der Waals surface area contributed by atoms with Crippen molar-refractivity contribution in [1.82, 2.24) is 4.98 Å². The Kier molecular flexibility index (Phi) is 4.25. The van der Waals surface area contributed by atoms with E-state index in [2.05, 4.69) is 10.3 Å². The first kappa shape index (κ1) is 13.2. The molecule has 0 fully saturated rings. The number of aliphatic hydroxyl groups excluding tert-OH is 1. The van der Waals surface area contributed by atoms with Gasteiger partial charge in [-0.2, -0.15) is 0 Å². The van der Waals surface area contributed by atoms with Crippen LogP contribution in [0.2, 0.25) is 0 Å². The van der Waals surface area contributed by atoms with E-state index in [4.69, 9.17) is 4.74 Å². The zero-order valence-corrected chi connectivity index (χ0v) is 9.83. The predicted molar refractivity (Wildman–Crippen MR) is 65.9 cm³/mol. The van der Waals surface area contributed by atoms with Crippen LogP contribution in [0.25, 0.3) is 0 Å². The summed E-state index contributed by atoms with van der Waals surface area (Å²) in [5.41, 5.74) is -0.0642. The van der Waals surface area contributed by atoms with Crippen molar-refractivity contribution in [2.75, 3.05) is 5.32 Å². The number of rotatable bonds is 5. The summed E-state index contributed by atoms with van der Waals surface area (Å²) in [5, 5.41) is 12.2. The van der Waals surface area contributed by atoms with E-state index in [1.54, 1.807) is 24.3 Å². The Morgan fingerprint density at radius 3 is 2.58 bits per heavy atom. The van der Waals surface area contributed by atoms with Gasteiger partial charge in [-0.1, -0.05) is 18.2 Å². The molecule has 0 saturated carbocycles. The van der Waals surface area contributed by atoms with Crippen LogP contribution in [-0.2, 0) is 0 Å². The summed E-state index contributed by atoms with van der Waals surface area (Å²) < 4.78 is 30.0. The molecular formula is C13H12F2N2O2. The Labute approximate surface area is 108 Å². The van der Waals surface area contributed by atoms with Gasteiger partial charge < -0.3 is 15.2 Å². The average Bonchev–Trinajstić information content (AvgIpc) is 2.40. The Hall–Kier alpha value is -2.21. The van der Waals surface area contributed by atoms with Crippen LogP contribution in [0, 0.1) is 0 Å². The first-order valence-electron chi connectivity index (χ1n) is 5.55. The fourth-order valence-corrected chi connectivity index (χ4v) is 1.46. The van der Waals surface area contributed by atoms with Gasteiger partial charge in [-0.05, 0) is 24.3 Å². The Morgan fingerprint density at radius 1 is 1.16 bits per heavy atom. The molecule has 0 aliphatic carbocycles. The molecule has 0 radical (unpaired) electrons. The number of aromatic nitrogens is 1. The van der Waals surface area contributed by atoms with Gasteiger partial charge in [-0.3, -0.25) is 4.98 Å². The molecule has 0 aliphatic heterocycles. The lowest BCUT2D eigenvalue weighted by Gasteiger charge is -2.16. The Balaban J connectivity index is 1.99. The fraction of sp³-hybridized carbons (Fsp3) is 0.154. The maximum Gasteiger partial charge on any atom is 0.280 e. The van der Waals surface area contributed by atoms with Crippen LogP contribution in [-0.4, -0.2) is 16.5 Å². The third-order valence-electron chi connectivity index (χ3n) is 2.29. The number of pyridine rings is 1. The van der Waals surface area contributed by atoms with E-state index in [0.29, 0.717) is 11.4 Å². The minimum Gasteiger partial charge on any atom is -0.447 e. The van der Waals surface area contributed by atoms with Crippen molar-refractivity contribution < 1.29 is 18.6 Å². The van der Waals surface area contributed by atoms with Crippen LogP contribution in [0.4, 0.5) is 14.5 Å². The van der Waals surface area contributed by atoms with Crippen LogP contribution in [0.15, 0.2) is 48.7 Å². The second-order valence-corrected chi connectivity index (χ2v) is 3.70. The van der Waals surface area contributed by atoms with Crippen molar-refractivity contribution in [2.24, 2.45) is 0 Å². The Morgan fingerprint density at radius 2 is 1.89 bits per heavy atom. The van der Waals surface area contributed by atoms with Gasteiger partial charge in [-0.25, -0.2) is 8.78 Å². The molecule has 0 spiro atoms. The molecule has 19 heavy (non-hydrogen) atoms. The average molecular weight is 266 g/mol. The number of benzene rings is 1. The fourth-order valence-electron chi connectivity index (χ4n) is 1.46. The highest BCUT2D eigenvalue weighted by molar-refractivity contribution is 5.43. The molecule has 2 aromatic rings. The molecule has 1 unspecified atom stereocenters. The maximum atomic E-state index is 12.4. The highest BCUT2D eigenvalue weighted by Gasteiger charge is 2.11. The summed E-state index contributed by atoms with van der Waals surface area (Å²) in [5.74, 6) is 0.464. The van der Waals surface area contributed by atoms with Crippen molar-refractivity contribution >= 4 is 5.69 Å². The van der Waals surface area contributed by atoms with E-state index in [1.807, 2.05) is 6.07 Å². The Bertz CT molecular complexity index is 523. The number of nitrogens with one attached hydrogen (secondary N) is 1. The summed E-state index contributed by atoms with van der Waals surface area (Å²) in [7, 11) is 0. The van der Waals surface area contributed by atoms with Gasteiger partial charge in [0.2, 0.25) is 0 Å². The minimum atomic E-state index is -2.66. The van der Waals surface area contributed by atoms with Gasteiger partial charge in [0.05, 0.1) is 0 Å².